The van der Waals surface area contributed by atoms with Gasteiger partial charge in [0.05, 0.1) is 5.69 Å². The van der Waals surface area contributed by atoms with Crippen LogP contribution in [0.25, 0.3) is 11.3 Å². The zero-order valence-electron chi connectivity index (χ0n) is 13.5. The molecular formula is C19H16ClN3OS. The lowest BCUT2D eigenvalue weighted by atomic mass is 9.84. The summed E-state index contributed by atoms with van der Waals surface area (Å²) in [5.74, 6) is 0.574. The highest BCUT2D eigenvalue weighted by Gasteiger charge is 2.31. The van der Waals surface area contributed by atoms with Crippen molar-refractivity contribution in [2.24, 2.45) is 0 Å². The number of rotatable bonds is 3. The van der Waals surface area contributed by atoms with Crippen molar-refractivity contribution in [3.63, 3.8) is 0 Å². The van der Waals surface area contributed by atoms with E-state index in [1.807, 2.05) is 24.3 Å². The van der Waals surface area contributed by atoms with Crippen molar-refractivity contribution in [2.75, 3.05) is 11.6 Å². The molecule has 2 N–H and O–H groups in total. The van der Waals surface area contributed by atoms with Crippen LogP contribution in [0, 0.1) is 0 Å². The van der Waals surface area contributed by atoms with Crippen LogP contribution >= 0.6 is 23.4 Å². The lowest BCUT2D eigenvalue weighted by Gasteiger charge is -2.23. The highest BCUT2D eigenvalue weighted by Crippen LogP contribution is 2.42. The largest absolute Gasteiger partial charge is 0.309 e. The molecule has 3 aromatic rings. The molecule has 25 heavy (non-hydrogen) atoms. The fraction of sp³-hybridized carbons (Fsp3) is 0.158. The number of amides is 1. The topological polar surface area (TPSA) is 57.8 Å². The number of nitrogens with zero attached hydrogens (tertiary/aromatic N) is 1. The maximum absolute atomic E-state index is 12.1. The van der Waals surface area contributed by atoms with Gasteiger partial charge in [-0.3, -0.25) is 9.89 Å². The second-order valence-corrected chi connectivity index (χ2v) is 7.26. The third-order valence-corrected chi connectivity index (χ3v) is 5.45. The molecule has 0 spiro atoms. The first-order valence-electron chi connectivity index (χ1n) is 7.93. The van der Waals surface area contributed by atoms with Gasteiger partial charge in [0.1, 0.15) is 0 Å². The molecule has 1 atom stereocenters. The van der Waals surface area contributed by atoms with Crippen LogP contribution in [0.3, 0.4) is 0 Å². The van der Waals surface area contributed by atoms with Crippen LogP contribution in [-0.2, 0) is 4.79 Å². The monoisotopic (exact) mass is 369 g/mol. The molecule has 1 amide bonds. The van der Waals surface area contributed by atoms with Crippen LogP contribution < -0.4 is 5.32 Å². The summed E-state index contributed by atoms with van der Waals surface area (Å²) in [7, 11) is 0. The molecule has 0 unspecified atom stereocenters. The third-order valence-electron chi connectivity index (χ3n) is 4.45. The van der Waals surface area contributed by atoms with Gasteiger partial charge < -0.3 is 5.32 Å². The van der Waals surface area contributed by atoms with Gasteiger partial charge in [0.25, 0.3) is 0 Å². The Hall–Kier alpha value is -2.24. The number of benzene rings is 2. The average Bonchev–Trinajstić information content (AvgIpc) is 3.05. The number of anilines is 1. The minimum Gasteiger partial charge on any atom is -0.309 e. The highest BCUT2D eigenvalue weighted by molar-refractivity contribution is 7.98. The predicted molar refractivity (Wildman–Crippen MR) is 102 cm³/mol. The van der Waals surface area contributed by atoms with Crippen molar-refractivity contribution in [1.29, 1.82) is 0 Å². The van der Waals surface area contributed by atoms with E-state index in [2.05, 4.69) is 46.0 Å². The Labute approximate surface area is 155 Å². The molecule has 4 rings (SSSR count). The lowest BCUT2D eigenvalue weighted by Crippen LogP contribution is -2.23. The Balaban J connectivity index is 1.82. The van der Waals surface area contributed by atoms with Gasteiger partial charge in [-0.15, -0.1) is 11.8 Å². The molecule has 1 aliphatic heterocycles. The summed E-state index contributed by atoms with van der Waals surface area (Å²) in [6.45, 7) is 0. The van der Waals surface area contributed by atoms with Crippen molar-refractivity contribution in [1.82, 2.24) is 10.2 Å². The van der Waals surface area contributed by atoms with Crippen molar-refractivity contribution in [2.45, 2.75) is 17.2 Å². The third kappa shape index (κ3) is 3.05. The molecule has 2 aromatic carbocycles. The summed E-state index contributed by atoms with van der Waals surface area (Å²) in [4.78, 5) is 13.3. The van der Waals surface area contributed by atoms with E-state index in [-0.39, 0.29) is 11.8 Å². The summed E-state index contributed by atoms with van der Waals surface area (Å²) in [6.07, 6.45) is 2.46. The van der Waals surface area contributed by atoms with Crippen molar-refractivity contribution in [3.05, 3.63) is 64.7 Å². The number of halogens is 1. The summed E-state index contributed by atoms with van der Waals surface area (Å²) >= 11 is 7.71. The Morgan fingerprint density at radius 3 is 2.52 bits per heavy atom. The first-order valence-corrected chi connectivity index (χ1v) is 9.54. The van der Waals surface area contributed by atoms with E-state index in [9.17, 15) is 4.79 Å². The molecule has 0 fully saturated rings. The molecule has 6 heteroatoms. The van der Waals surface area contributed by atoms with Crippen LogP contribution in [0.1, 0.15) is 23.5 Å². The van der Waals surface area contributed by atoms with Crippen LogP contribution in [0.5, 0.6) is 0 Å². The van der Waals surface area contributed by atoms with E-state index < -0.39 is 0 Å². The van der Waals surface area contributed by atoms with Crippen LogP contribution in [0.4, 0.5) is 5.82 Å². The van der Waals surface area contributed by atoms with Crippen molar-refractivity contribution < 1.29 is 4.79 Å². The molecule has 0 radical (unpaired) electrons. The van der Waals surface area contributed by atoms with E-state index in [1.165, 1.54) is 4.90 Å². The fourth-order valence-corrected chi connectivity index (χ4v) is 3.75. The SMILES string of the molecule is CSc1ccc([C@@H]2CC(=O)Nc3n[nH]c(-c4ccc(Cl)cc4)c32)cc1. The summed E-state index contributed by atoms with van der Waals surface area (Å²) in [5.41, 5.74) is 4.06. The smallest absolute Gasteiger partial charge is 0.226 e. The quantitative estimate of drug-likeness (QED) is 0.644. The van der Waals surface area contributed by atoms with Crippen molar-refractivity contribution >= 4 is 35.1 Å². The van der Waals surface area contributed by atoms with Gasteiger partial charge in [-0.05, 0) is 36.1 Å². The van der Waals surface area contributed by atoms with Crippen LogP contribution in [-0.4, -0.2) is 22.4 Å². The summed E-state index contributed by atoms with van der Waals surface area (Å²) in [6, 6.07) is 16.0. The minimum absolute atomic E-state index is 0.0133. The van der Waals surface area contributed by atoms with Gasteiger partial charge in [-0.1, -0.05) is 35.9 Å². The number of fused-ring (bicyclic) bond motifs is 1. The highest BCUT2D eigenvalue weighted by atomic mass is 35.5. The standard InChI is InChI=1S/C19H16ClN3OS/c1-25-14-8-4-11(5-9-14)15-10-16(24)21-19-17(15)18(22-23-19)12-2-6-13(20)7-3-12/h2-9,15H,10H2,1H3,(H2,21,22,23,24)/t15-/m0/s1. The molecule has 1 aliphatic rings. The minimum atomic E-state index is -0.0240. The van der Waals surface area contributed by atoms with Gasteiger partial charge in [0.2, 0.25) is 5.91 Å². The van der Waals surface area contributed by atoms with Gasteiger partial charge in [0, 0.05) is 33.4 Å². The van der Waals surface area contributed by atoms with E-state index in [4.69, 9.17) is 11.6 Å². The number of carbonyl (C=O) groups is 1. The zero-order valence-corrected chi connectivity index (χ0v) is 15.1. The predicted octanol–water partition coefficient (Wildman–Crippen LogP) is 4.93. The summed E-state index contributed by atoms with van der Waals surface area (Å²) in [5, 5.41) is 11.0. The number of aromatic nitrogens is 2. The van der Waals surface area contributed by atoms with E-state index in [0.29, 0.717) is 17.3 Å². The maximum atomic E-state index is 12.1. The molecule has 0 saturated heterocycles. The van der Waals surface area contributed by atoms with Gasteiger partial charge in [-0.25, -0.2) is 0 Å². The first kappa shape index (κ1) is 16.2. The normalized spacial score (nSPS) is 16.4. The maximum Gasteiger partial charge on any atom is 0.226 e. The molecule has 126 valence electrons. The van der Waals surface area contributed by atoms with Gasteiger partial charge >= 0.3 is 0 Å². The van der Waals surface area contributed by atoms with E-state index in [0.717, 1.165) is 22.4 Å². The Morgan fingerprint density at radius 2 is 1.84 bits per heavy atom. The number of aromatic amines is 1. The number of hydrogen-bond donors (Lipinski definition) is 2. The number of hydrogen-bond acceptors (Lipinski definition) is 3. The average molecular weight is 370 g/mol. The fourth-order valence-electron chi connectivity index (χ4n) is 3.21. The molecule has 0 bridgehead atoms. The van der Waals surface area contributed by atoms with Crippen LogP contribution in [0.15, 0.2) is 53.4 Å². The van der Waals surface area contributed by atoms with Gasteiger partial charge in [-0.2, -0.15) is 5.10 Å². The second kappa shape index (κ2) is 6.58. The van der Waals surface area contributed by atoms with Crippen LogP contribution in [0.2, 0.25) is 5.02 Å². The van der Waals surface area contributed by atoms with Gasteiger partial charge in [0.15, 0.2) is 5.82 Å². The summed E-state index contributed by atoms with van der Waals surface area (Å²) < 4.78 is 0. The Kier molecular flexibility index (Phi) is 4.27. The molecule has 4 nitrogen and oxygen atoms in total. The molecule has 0 aliphatic carbocycles. The van der Waals surface area contributed by atoms with E-state index in [1.54, 1.807) is 11.8 Å². The van der Waals surface area contributed by atoms with Crippen molar-refractivity contribution in [3.8, 4) is 11.3 Å². The Morgan fingerprint density at radius 1 is 1.12 bits per heavy atom. The lowest BCUT2D eigenvalue weighted by molar-refractivity contribution is -0.116. The van der Waals surface area contributed by atoms with E-state index >= 15 is 0 Å². The molecular weight excluding hydrogens is 354 g/mol. The second-order valence-electron chi connectivity index (χ2n) is 5.95. The first-order chi connectivity index (χ1) is 12.2. The number of H-pyrrole nitrogens is 1. The molecule has 2 heterocycles. The molecule has 1 aromatic heterocycles. The Bertz CT molecular complexity index is 919. The number of carbonyl (C=O) groups excluding carboxylic acids is 1. The molecule has 0 saturated carbocycles. The number of thioether (sulfide) groups is 1. The zero-order chi connectivity index (χ0) is 17.4. The number of nitrogens with one attached hydrogen (secondary N) is 2.